The molecule has 5 nitrogen and oxygen atoms in total. The van der Waals surface area contributed by atoms with Crippen LogP contribution in [-0.4, -0.2) is 60.8 Å². The van der Waals surface area contributed by atoms with Gasteiger partial charge in [0, 0.05) is 25.2 Å². The second kappa shape index (κ2) is 14.0. The topological polar surface area (TPSA) is 59.9 Å². The van der Waals surface area contributed by atoms with Crippen LogP contribution in [-0.2, 0) is 0 Å². The summed E-state index contributed by atoms with van der Waals surface area (Å²) >= 11 is 0. The van der Waals surface area contributed by atoms with Crippen molar-refractivity contribution in [3.63, 3.8) is 0 Å². The Balaban J connectivity index is 0.00000625. The molecule has 1 aliphatic rings. The van der Waals surface area contributed by atoms with E-state index in [9.17, 15) is 5.11 Å². The van der Waals surface area contributed by atoms with Gasteiger partial charge in [0.1, 0.15) is 0 Å². The highest BCUT2D eigenvalue weighted by atomic mass is 127. The first-order chi connectivity index (χ1) is 11.9. The van der Waals surface area contributed by atoms with Crippen LogP contribution in [0.4, 0.5) is 0 Å². The summed E-state index contributed by atoms with van der Waals surface area (Å²) in [5, 5.41) is 16.2. The third kappa shape index (κ3) is 10.3. The van der Waals surface area contributed by atoms with E-state index in [4.69, 9.17) is 4.99 Å². The fourth-order valence-corrected chi connectivity index (χ4v) is 3.61. The van der Waals surface area contributed by atoms with Crippen molar-refractivity contribution < 1.29 is 5.11 Å². The van der Waals surface area contributed by atoms with E-state index < -0.39 is 0 Å². The van der Waals surface area contributed by atoms with Crippen LogP contribution in [0.2, 0.25) is 0 Å². The number of hydrogen-bond acceptors (Lipinski definition) is 3. The second-order valence-corrected chi connectivity index (χ2v) is 8.44. The van der Waals surface area contributed by atoms with Gasteiger partial charge in [0.2, 0.25) is 0 Å². The molecular weight excluding hydrogens is 439 g/mol. The van der Waals surface area contributed by atoms with Crippen molar-refractivity contribution in [2.24, 2.45) is 16.8 Å². The molecule has 1 unspecified atom stereocenters. The number of nitrogens with one attached hydrogen (secondary N) is 2. The number of aliphatic hydroxyl groups is 1. The minimum Gasteiger partial charge on any atom is -0.396 e. The van der Waals surface area contributed by atoms with E-state index in [1.807, 2.05) is 0 Å². The molecule has 0 aromatic rings. The van der Waals surface area contributed by atoms with Crippen LogP contribution in [0.15, 0.2) is 4.99 Å². The van der Waals surface area contributed by atoms with E-state index in [2.05, 4.69) is 50.2 Å². The average molecular weight is 482 g/mol. The molecule has 1 heterocycles. The zero-order chi connectivity index (χ0) is 18.7. The number of piperidine rings is 1. The second-order valence-electron chi connectivity index (χ2n) is 8.44. The lowest BCUT2D eigenvalue weighted by atomic mass is 9.94. The SMILES string of the molecule is CCNC(=NCC(C)(C)N1CCCCC1)NCC(CCO)CC(C)C.I. The molecule has 3 N–H and O–H groups in total. The average Bonchev–Trinajstić information content (AvgIpc) is 2.57. The van der Waals surface area contributed by atoms with Gasteiger partial charge in [-0.05, 0) is 71.4 Å². The maximum atomic E-state index is 9.29. The van der Waals surface area contributed by atoms with Crippen molar-refractivity contribution in [2.75, 3.05) is 39.3 Å². The van der Waals surface area contributed by atoms with Gasteiger partial charge in [-0.3, -0.25) is 9.89 Å². The van der Waals surface area contributed by atoms with Gasteiger partial charge in [-0.25, -0.2) is 0 Å². The molecular formula is C20H43IN4O. The van der Waals surface area contributed by atoms with Gasteiger partial charge in [0.25, 0.3) is 0 Å². The first kappa shape index (κ1) is 25.9. The molecule has 0 radical (unpaired) electrons. The van der Waals surface area contributed by atoms with Gasteiger partial charge in [0.15, 0.2) is 5.96 Å². The molecule has 1 aliphatic heterocycles. The smallest absolute Gasteiger partial charge is 0.191 e. The minimum absolute atomic E-state index is 0. The molecule has 0 saturated carbocycles. The van der Waals surface area contributed by atoms with E-state index in [1.54, 1.807) is 0 Å². The van der Waals surface area contributed by atoms with Crippen molar-refractivity contribution >= 4 is 29.9 Å². The first-order valence-electron chi connectivity index (χ1n) is 10.3. The minimum atomic E-state index is 0. The van der Waals surface area contributed by atoms with Crippen molar-refractivity contribution in [3.05, 3.63) is 0 Å². The third-order valence-electron chi connectivity index (χ3n) is 5.08. The Labute approximate surface area is 178 Å². The van der Waals surface area contributed by atoms with Crippen LogP contribution >= 0.6 is 24.0 Å². The number of hydrogen-bond donors (Lipinski definition) is 3. The van der Waals surface area contributed by atoms with Crippen LogP contribution in [0, 0.1) is 11.8 Å². The lowest BCUT2D eigenvalue weighted by molar-refractivity contribution is 0.102. The van der Waals surface area contributed by atoms with Gasteiger partial charge in [-0.15, -0.1) is 24.0 Å². The highest BCUT2D eigenvalue weighted by molar-refractivity contribution is 14.0. The zero-order valence-corrected chi connectivity index (χ0v) is 20.0. The number of aliphatic hydroxyl groups excluding tert-OH is 1. The summed E-state index contributed by atoms with van der Waals surface area (Å²) in [5.41, 5.74) is 0.102. The molecule has 0 aromatic heterocycles. The Hall–Kier alpha value is -0.0800. The maximum Gasteiger partial charge on any atom is 0.191 e. The van der Waals surface area contributed by atoms with Gasteiger partial charge in [-0.2, -0.15) is 0 Å². The maximum absolute atomic E-state index is 9.29. The van der Waals surface area contributed by atoms with Crippen LogP contribution in [0.25, 0.3) is 0 Å². The molecule has 0 bridgehead atoms. The zero-order valence-electron chi connectivity index (χ0n) is 17.7. The molecule has 26 heavy (non-hydrogen) atoms. The van der Waals surface area contributed by atoms with Gasteiger partial charge in [-0.1, -0.05) is 20.3 Å². The predicted octanol–water partition coefficient (Wildman–Crippen LogP) is 3.47. The number of rotatable bonds is 10. The summed E-state index contributed by atoms with van der Waals surface area (Å²) in [6.45, 7) is 16.4. The van der Waals surface area contributed by atoms with E-state index in [0.717, 1.165) is 38.4 Å². The standard InChI is InChI=1S/C20H42N4O.HI/c1-6-21-19(22-15-18(10-13-25)14-17(2)3)23-16-20(4,5)24-11-8-7-9-12-24;/h17-18,25H,6-16H2,1-5H3,(H2,21,22,23);1H. The molecule has 0 spiro atoms. The van der Waals surface area contributed by atoms with E-state index in [1.165, 1.54) is 32.4 Å². The Bertz CT molecular complexity index is 382. The largest absolute Gasteiger partial charge is 0.396 e. The number of halogens is 1. The molecule has 1 atom stereocenters. The number of nitrogens with zero attached hydrogens (tertiary/aromatic N) is 2. The number of likely N-dealkylation sites (tertiary alicyclic amines) is 1. The molecule has 1 fully saturated rings. The Morgan fingerprint density at radius 1 is 1.15 bits per heavy atom. The Kier molecular flexibility index (Phi) is 14.0. The summed E-state index contributed by atoms with van der Waals surface area (Å²) in [6, 6.07) is 0. The van der Waals surface area contributed by atoms with Crippen molar-refractivity contribution in [3.8, 4) is 0 Å². The molecule has 0 aliphatic carbocycles. The molecule has 156 valence electrons. The van der Waals surface area contributed by atoms with Crippen molar-refractivity contribution in [1.82, 2.24) is 15.5 Å². The summed E-state index contributed by atoms with van der Waals surface area (Å²) in [6.07, 6.45) is 5.96. The molecule has 1 saturated heterocycles. The van der Waals surface area contributed by atoms with E-state index in [0.29, 0.717) is 11.8 Å². The predicted molar refractivity (Wildman–Crippen MR) is 124 cm³/mol. The Morgan fingerprint density at radius 3 is 2.35 bits per heavy atom. The highest BCUT2D eigenvalue weighted by Gasteiger charge is 2.27. The van der Waals surface area contributed by atoms with Crippen LogP contribution in [0.1, 0.15) is 66.7 Å². The van der Waals surface area contributed by atoms with Crippen molar-refractivity contribution in [2.45, 2.75) is 72.3 Å². The summed E-state index contributed by atoms with van der Waals surface area (Å²) in [4.78, 5) is 7.44. The fourth-order valence-electron chi connectivity index (χ4n) is 3.61. The Morgan fingerprint density at radius 2 is 1.81 bits per heavy atom. The quantitative estimate of drug-likeness (QED) is 0.254. The normalized spacial score (nSPS) is 17.7. The van der Waals surface area contributed by atoms with Crippen LogP contribution in [0.5, 0.6) is 0 Å². The van der Waals surface area contributed by atoms with Crippen LogP contribution < -0.4 is 10.6 Å². The highest BCUT2D eigenvalue weighted by Crippen LogP contribution is 2.20. The summed E-state index contributed by atoms with van der Waals surface area (Å²) in [5.74, 6) is 2.04. The molecule has 0 aromatic carbocycles. The lowest BCUT2D eigenvalue weighted by Gasteiger charge is -2.40. The molecule has 1 rings (SSSR count). The lowest BCUT2D eigenvalue weighted by Crippen LogP contribution is -2.49. The van der Waals surface area contributed by atoms with Gasteiger partial charge >= 0.3 is 0 Å². The number of aliphatic imine (C=N–C) groups is 1. The van der Waals surface area contributed by atoms with E-state index >= 15 is 0 Å². The van der Waals surface area contributed by atoms with Gasteiger partial charge in [0.05, 0.1) is 6.54 Å². The van der Waals surface area contributed by atoms with Gasteiger partial charge < -0.3 is 15.7 Å². The molecule has 6 heteroatoms. The number of guanidine groups is 1. The summed E-state index contributed by atoms with van der Waals surface area (Å²) < 4.78 is 0. The monoisotopic (exact) mass is 482 g/mol. The van der Waals surface area contributed by atoms with Crippen molar-refractivity contribution in [1.29, 1.82) is 0 Å². The fraction of sp³-hybridized carbons (Fsp3) is 0.950. The molecule has 0 amide bonds. The third-order valence-corrected chi connectivity index (χ3v) is 5.08. The van der Waals surface area contributed by atoms with E-state index in [-0.39, 0.29) is 36.1 Å². The summed E-state index contributed by atoms with van der Waals surface area (Å²) in [7, 11) is 0. The first-order valence-corrected chi connectivity index (χ1v) is 10.3. The van der Waals surface area contributed by atoms with Crippen LogP contribution in [0.3, 0.4) is 0 Å².